The summed E-state index contributed by atoms with van der Waals surface area (Å²) >= 11 is 12.2. The Kier molecular flexibility index (Phi) is 10.7. The number of nitrogens with one attached hydrogen (secondary N) is 1. The van der Waals surface area contributed by atoms with E-state index < -0.39 is 28.5 Å². The van der Waals surface area contributed by atoms with E-state index in [1.165, 1.54) is 24.1 Å². The van der Waals surface area contributed by atoms with Gasteiger partial charge in [0.15, 0.2) is 0 Å². The number of hydrogen-bond acceptors (Lipinski definition) is 5. The van der Waals surface area contributed by atoms with Crippen molar-refractivity contribution in [2.45, 2.75) is 64.1 Å². The molecule has 2 aromatic carbocycles. The van der Waals surface area contributed by atoms with E-state index in [0.29, 0.717) is 16.5 Å². The lowest BCUT2D eigenvalue weighted by molar-refractivity contribution is -0.140. The van der Waals surface area contributed by atoms with E-state index in [2.05, 4.69) is 5.32 Å². The number of rotatable bonds is 11. The summed E-state index contributed by atoms with van der Waals surface area (Å²) in [6.07, 6.45) is 6.45. The molecule has 1 atom stereocenters. The number of anilines is 1. The van der Waals surface area contributed by atoms with Crippen molar-refractivity contribution >= 4 is 50.7 Å². The number of amides is 2. The Morgan fingerprint density at radius 2 is 1.68 bits per heavy atom. The third kappa shape index (κ3) is 8.01. The SMILES string of the molecule is CC[C@H](C(=O)NC1CCCCC1)N(Cc1ccc(Cl)cc1)C(=O)CN(c1cc(Cl)ccc1OC)S(C)(=O)=O. The van der Waals surface area contributed by atoms with Crippen LogP contribution in [0.25, 0.3) is 0 Å². The Balaban J connectivity index is 1.95. The van der Waals surface area contributed by atoms with Gasteiger partial charge in [-0.2, -0.15) is 0 Å². The van der Waals surface area contributed by atoms with Gasteiger partial charge in [0, 0.05) is 22.6 Å². The molecule has 1 aliphatic carbocycles. The molecule has 208 valence electrons. The lowest BCUT2D eigenvalue weighted by Gasteiger charge is -2.34. The van der Waals surface area contributed by atoms with Crippen molar-refractivity contribution in [1.29, 1.82) is 0 Å². The Morgan fingerprint density at radius 1 is 1.05 bits per heavy atom. The summed E-state index contributed by atoms with van der Waals surface area (Å²) < 4.78 is 32.0. The maximum Gasteiger partial charge on any atom is 0.244 e. The maximum atomic E-state index is 13.9. The number of ether oxygens (including phenoxy) is 1. The quantitative estimate of drug-likeness (QED) is 0.400. The average molecular weight is 585 g/mol. The van der Waals surface area contributed by atoms with Crippen molar-refractivity contribution in [1.82, 2.24) is 10.2 Å². The second-order valence-corrected chi connectivity index (χ2v) is 12.3. The first-order valence-corrected chi connectivity index (χ1v) is 15.3. The maximum absolute atomic E-state index is 13.9. The average Bonchev–Trinajstić information content (AvgIpc) is 2.88. The van der Waals surface area contributed by atoms with Crippen LogP contribution < -0.4 is 14.4 Å². The molecule has 1 N–H and O–H groups in total. The van der Waals surface area contributed by atoms with Crippen LogP contribution in [0.5, 0.6) is 5.75 Å². The van der Waals surface area contributed by atoms with Gasteiger partial charge in [0.25, 0.3) is 0 Å². The molecule has 11 heteroatoms. The Hall–Kier alpha value is -2.49. The van der Waals surface area contributed by atoms with Crippen LogP contribution in [0.3, 0.4) is 0 Å². The van der Waals surface area contributed by atoms with Crippen LogP contribution in [0.2, 0.25) is 10.0 Å². The van der Waals surface area contributed by atoms with E-state index in [1.807, 2.05) is 6.92 Å². The molecular formula is C27H35Cl2N3O5S. The van der Waals surface area contributed by atoms with Crippen molar-refractivity contribution in [3.05, 3.63) is 58.1 Å². The summed E-state index contributed by atoms with van der Waals surface area (Å²) in [7, 11) is -2.51. The van der Waals surface area contributed by atoms with Crippen molar-refractivity contribution in [3.8, 4) is 5.75 Å². The number of nitrogens with zero attached hydrogens (tertiary/aromatic N) is 2. The van der Waals surface area contributed by atoms with Gasteiger partial charge in [-0.05, 0) is 55.2 Å². The number of sulfonamides is 1. The summed E-state index contributed by atoms with van der Waals surface area (Å²) in [6, 6.07) is 10.8. The highest BCUT2D eigenvalue weighted by Crippen LogP contribution is 2.33. The van der Waals surface area contributed by atoms with Gasteiger partial charge < -0.3 is 15.0 Å². The molecule has 0 spiro atoms. The first kappa shape index (κ1) is 30.1. The minimum Gasteiger partial charge on any atom is -0.495 e. The fraction of sp³-hybridized carbons (Fsp3) is 0.481. The molecule has 0 radical (unpaired) electrons. The zero-order valence-corrected chi connectivity index (χ0v) is 24.3. The summed E-state index contributed by atoms with van der Waals surface area (Å²) in [5.41, 5.74) is 0.903. The Morgan fingerprint density at radius 3 is 2.26 bits per heavy atom. The van der Waals surface area contributed by atoms with Crippen molar-refractivity contribution < 1.29 is 22.7 Å². The molecule has 0 heterocycles. The van der Waals surface area contributed by atoms with E-state index in [4.69, 9.17) is 27.9 Å². The highest BCUT2D eigenvalue weighted by atomic mass is 35.5. The first-order chi connectivity index (χ1) is 18.0. The molecule has 3 rings (SSSR count). The minimum atomic E-state index is -3.92. The fourth-order valence-electron chi connectivity index (χ4n) is 4.70. The third-order valence-corrected chi connectivity index (χ3v) is 8.31. The summed E-state index contributed by atoms with van der Waals surface area (Å²) in [6.45, 7) is 1.41. The standard InChI is InChI=1S/C27H35Cl2N3O5S/c1-4-23(27(34)30-22-8-6-5-7-9-22)31(17-19-10-12-20(28)13-11-19)26(33)18-32(38(3,35)36)24-16-21(29)14-15-25(24)37-2/h10-16,22-23H,4-9,17-18H2,1-3H3,(H,30,34)/t23-/m1/s1. The molecule has 0 aliphatic heterocycles. The number of halogens is 2. The highest BCUT2D eigenvalue weighted by Gasteiger charge is 2.33. The van der Waals surface area contributed by atoms with E-state index in [1.54, 1.807) is 30.3 Å². The first-order valence-electron chi connectivity index (χ1n) is 12.7. The van der Waals surface area contributed by atoms with Crippen LogP contribution in [-0.2, 0) is 26.2 Å². The van der Waals surface area contributed by atoms with Gasteiger partial charge in [-0.25, -0.2) is 8.42 Å². The van der Waals surface area contributed by atoms with Crippen molar-refractivity contribution in [2.24, 2.45) is 0 Å². The van der Waals surface area contributed by atoms with Gasteiger partial charge in [-0.3, -0.25) is 13.9 Å². The van der Waals surface area contributed by atoms with Crippen LogP contribution in [0, 0.1) is 0 Å². The monoisotopic (exact) mass is 583 g/mol. The number of methoxy groups -OCH3 is 1. The van der Waals surface area contributed by atoms with Gasteiger partial charge >= 0.3 is 0 Å². The van der Waals surface area contributed by atoms with Gasteiger partial charge in [0.1, 0.15) is 18.3 Å². The predicted octanol–water partition coefficient (Wildman–Crippen LogP) is 5.02. The third-order valence-electron chi connectivity index (χ3n) is 6.69. The predicted molar refractivity (Wildman–Crippen MR) is 151 cm³/mol. The van der Waals surface area contributed by atoms with E-state index in [9.17, 15) is 18.0 Å². The molecule has 0 unspecified atom stereocenters. The molecule has 0 aromatic heterocycles. The van der Waals surface area contributed by atoms with Gasteiger partial charge in [-0.1, -0.05) is 61.5 Å². The highest BCUT2D eigenvalue weighted by molar-refractivity contribution is 7.92. The molecule has 8 nitrogen and oxygen atoms in total. The molecular weight excluding hydrogens is 549 g/mol. The van der Waals surface area contributed by atoms with E-state index in [-0.39, 0.29) is 29.9 Å². The number of carbonyl (C=O) groups excluding carboxylic acids is 2. The zero-order chi connectivity index (χ0) is 27.9. The summed E-state index contributed by atoms with van der Waals surface area (Å²) in [5, 5.41) is 3.95. The largest absolute Gasteiger partial charge is 0.495 e. The topological polar surface area (TPSA) is 96.0 Å². The lowest BCUT2D eigenvalue weighted by Crippen LogP contribution is -2.54. The fourth-order valence-corrected chi connectivity index (χ4v) is 5.84. The summed E-state index contributed by atoms with van der Waals surface area (Å²) in [4.78, 5) is 28.7. The molecule has 1 fully saturated rings. The van der Waals surface area contributed by atoms with E-state index in [0.717, 1.165) is 48.2 Å². The zero-order valence-electron chi connectivity index (χ0n) is 22.0. The van der Waals surface area contributed by atoms with Crippen LogP contribution in [-0.4, -0.2) is 57.1 Å². The molecule has 2 amide bonds. The normalized spacial score (nSPS) is 15.0. The number of hydrogen-bond donors (Lipinski definition) is 1. The van der Waals surface area contributed by atoms with E-state index >= 15 is 0 Å². The smallest absolute Gasteiger partial charge is 0.244 e. The molecule has 0 bridgehead atoms. The van der Waals surface area contributed by atoms with Gasteiger partial charge in [0.05, 0.1) is 19.1 Å². The van der Waals surface area contributed by atoms with Gasteiger partial charge in [0.2, 0.25) is 21.8 Å². The van der Waals surface area contributed by atoms with Crippen LogP contribution in [0.4, 0.5) is 5.69 Å². The lowest BCUT2D eigenvalue weighted by atomic mass is 9.95. The molecule has 1 aliphatic rings. The minimum absolute atomic E-state index is 0.0704. The second kappa shape index (κ2) is 13.5. The second-order valence-electron chi connectivity index (χ2n) is 9.50. The number of benzene rings is 2. The Bertz CT molecular complexity index is 1220. The van der Waals surface area contributed by atoms with Crippen LogP contribution >= 0.6 is 23.2 Å². The molecule has 38 heavy (non-hydrogen) atoms. The number of carbonyl (C=O) groups is 2. The van der Waals surface area contributed by atoms with Crippen molar-refractivity contribution in [2.75, 3.05) is 24.2 Å². The van der Waals surface area contributed by atoms with Crippen molar-refractivity contribution in [3.63, 3.8) is 0 Å². The molecule has 0 saturated heterocycles. The molecule has 1 saturated carbocycles. The molecule has 2 aromatic rings. The van der Waals surface area contributed by atoms with Gasteiger partial charge in [-0.15, -0.1) is 0 Å². The summed E-state index contributed by atoms with van der Waals surface area (Å²) in [5.74, 6) is -0.523. The van der Waals surface area contributed by atoms with Crippen LogP contribution in [0.1, 0.15) is 51.0 Å². The van der Waals surface area contributed by atoms with Crippen LogP contribution in [0.15, 0.2) is 42.5 Å². The Labute approximate surface area is 235 Å².